The third-order valence-corrected chi connectivity index (χ3v) is 7.37. The Hall–Kier alpha value is -4.96. The van der Waals surface area contributed by atoms with E-state index in [-0.39, 0.29) is 18.9 Å². The number of carbonyl (C=O) groups excluding carboxylic acids is 4. The van der Waals surface area contributed by atoms with Crippen LogP contribution >= 0.6 is 0 Å². The summed E-state index contributed by atoms with van der Waals surface area (Å²) in [5.74, 6) is -1.32. The minimum Gasteiger partial charge on any atom is -0.443 e. The van der Waals surface area contributed by atoms with Crippen LogP contribution in [0.15, 0.2) is 103 Å². The molecular formula is C31H28N4O6. The first-order valence-corrected chi connectivity index (χ1v) is 13.3. The van der Waals surface area contributed by atoms with Crippen molar-refractivity contribution in [1.29, 1.82) is 0 Å². The van der Waals surface area contributed by atoms with Gasteiger partial charge in [0, 0.05) is 5.56 Å². The van der Waals surface area contributed by atoms with Gasteiger partial charge in [0.2, 0.25) is 5.91 Å². The van der Waals surface area contributed by atoms with Gasteiger partial charge in [-0.1, -0.05) is 78.9 Å². The van der Waals surface area contributed by atoms with Gasteiger partial charge in [0.25, 0.3) is 11.8 Å². The van der Waals surface area contributed by atoms with E-state index in [9.17, 15) is 19.2 Å². The lowest BCUT2D eigenvalue weighted by Crippen LogP contribution is -2.78. The fourth-order valence-electron chi connectivity index (χ4n) is 5.35. The summed E-state index contributed by atoms with van der Waals surface area (Å²) < 4.78 is 5.62. The van der Waals surface area contributed by atoms with Crippen LogP contribution in [0.3, 0.4) is 0 Å². The smallest absolute Gasteiger partial charge is 0.431 e. The van der Waals surface area contributed by atoms with E-state index < -0.39 is 42.3 Å². The van der Waals surface area contributed by atoms with Crippen molar-refractivity contribution >= 4 is 23.8 Å². The summed E-state index contributed by atoms with van der Waals surface area (Å²) in [7, 11) is 0. The highest BCUT2D eigenvalue weighted by molar-refractivity contribution is 5.97. The molecule has 3 aromatic rings. The molecule has 3 aromatic carbocycles. The third-order valence-electron chi connectivity index (χ3n) is 7.37. The van der Waals surface area contributed by atoms with Crippen LogP contribution in [0.25, 0.3) is 0 Å². The molecule has 0 spiro atoms. The molecule has 4 atom stereocenters. The molecular weight excluding hydrogens is 524 g/mol. The first-order valence-electron chi connectivity index (χ1n) is 13.3. The number of fused-ring (bicyclic) bond motifs is 1. The van der Waals surface area contributed by atoms with Crippen LogP contribution in [0.4, 0.5) is 4.79 Å². The van der Waals surface area contributed by atoms with Gasteiger partial charge >= 0.3 is 6.09 Å². The lowest BCUT2D eigenvalue weighted by atomic mass is 9.88. The van der Waals surface area contributed by atoms with Crippen LogP contribution in [0, 0.1) is 0 Å². The van der Waals surface area contributed by atoms with Gasteiger partial charge in [-0.25, -0.2) is 9.80 Å². The van der Waals surface area contributed by atoms with Crippen molar-refractivity contribution in [3.63, 3.8) is 0 Å². The minimum absolute atomic E-state index is 0.0353. The van der Waals surface area contributed by atoms with Crippen LogP contribution in [0.1, 0.15) is 28.4 Å². The highest BCUT2D eigenvalue weighted by atomic mass is 16.7. The van der Waals surface area contributed by atoms with Crippen molar-refractivity contribution < 1.29 is 28.8 Å². The molecule has 1 N–H and O–H groups in total. The summed E-state index contributed by atoms with van der Waals surface area (Å²) >= 11 is 0. The second kappa shape index (κ2) is 10.9. The number of nitrogens with one attached hydrogen (secondary N) is 1. The minimum atomic E-state index is -1.09. The predicted molar refractivity (Wildman–Crippen MR) is 146 cm³/mol. The molecule has 4 aliphatic rings. The number of amides is 4. The molecule has 0 saturated carbocycles. The van der Waals surface area contributed by atoms with Gasteiger partial charge in [-0.15, -0.1) is 0 Å². The maximum atomic E-state index is 13.6. The van der Waals surface area contributed by atoms with E-state index in [2.05, 4.69) is 5.32 Å². The number of hydrazine groups is 1. The predicted octanol–water partition coefficient (Wildman–Crippen LogP) is 3.22. The molecule has 0 aromatic heterocycles. The van der Waals surface area contributed by atoms with E-state index in [0.717, 1.165) is 26.8 Å². The average molecular weight is 553 g/mol. The third kappa shape index (κ3) is 4.93. The normalized spacial score (nSPS) is 22.7. The van der Waals surface area contributed by atoms with Gasteiger partial charge in [-0.2, -0.15) is 10.1 Å². The molecule has 0 radical (unpaired) electrons. The molecule has 4 aliphatic heterocycles. The Kier molecular flexibility index (Phi) is 6.98. The standard InChI is InChI=1S/C31H28N4O6/c1-20-17-25-33(31(39)40-19-22-13-7-3-8-14-22)34-27(28(20)41-35(25)29(37)23-15-9-4-10-16-23)26(30(34)38)32-24(36)18-21-11-5-2-6-12-21/h2-17,25-28H,18-19H2,1H3,(H,32,36)/t25-,26-,27-,28-/m1/s1. The zero-order chi connectivity index (χ0) is 28.5. The van der Waals surface area contributed by atoms with Crippen LogP contribution in [0.2, 0.25) is 0 Å². The number of hydrogen-bond donors (Lipinski definition) is 1. The number of rotatable bonds is 6. The number of ether oxygens (including phenoxy) is 1. The fraction of sp³-hybridized carbons (Fsp3) is 0.226. The lowest BCUT2D eigenvalue weighted by molar-refractivity contribution is -0.185. The fourth-order valence-corrected chi connectivity index (χ4v) is 5.35. The monoisotopic (exact) mass is 552 g/mol. The van der Waals surface area contributed by atoms with Crippen LogP contribution in [-0.4, -0.2) is 63.2 Å². The van der Waals surface area contributed by atoms with E-state index in [4.69, 9.17) is 9.57 Å². The van der Waals surface area contributed by atoms with E-state index in [1.165, 1.54) is 5.01 Å². The van der Waals surface area contributed by atoms with Gasteiger partial charge in [-0.05, 0) is 41.8 Å². The summed E-state index contributed by atoms with van der Waals surface area (Å²) in [6.07, 6.45) is -0.898. The zero-order valence-corrected chi connectivity index (χ0v) is 22.3. The molecule has 2 saturated heterocycles. The van der Waals surface area contributed by atoms with Crippen molar-refractivity contribution in [3.05, 3.63) is 119 Å². The first-order chi connectivity index (χ1) is 19.9. The molecule has 10 nitrogen and oxygen atoms in total. The average Bonchev–Trinajstić information content (AvgIpc) is 3.20. The van der Waals surface area contributed by atoms with Crippen molar-refractivity contribution in [3.8, 4) is 0 Å². The molecule has 7 rings (SSSR count). The number of benzene rings is 3. The topological polar surface area (TPSA) is 108 Å². The Balaban J connectivity index is 1.30. The summed E-state index contributed by atoms with van der Waals surface area (Å²) in [6.45, 7) is 1.77. The number of hydroxylamine groups is 2. The quantitative estimate of drug-likeness (QED) is 0.372. The van der Waals surface area contributed by atoms with E-state index in [1.807, 2.05) is 67.6 Å². The Morgan fingerprint density at radius 2 is 1.49 bits per heavy atom. The Morgan fingerprint density at radius 3 is 2.15 bits per heavy atom. The molecule has 4 amide bonds. The molecule has 208 valence electrons. The van der Waals surface area contributed by atoms with Gasteiger partial charge in [0.15, 0.2) is 6.17 Å². The molecule has 0 aliphatic carbocycles. The SMILES string of the molecule is CC1=C[C@H]2N(C(=O)c3ccccc3)O[C@H]1[C@H]1[C@@H](NC(=O)Cc3ccccc3)C(=O)N1N2C(=O)OCc1ccccc1. The van der Waals surface area contributed by atoms with Crippen LogP contribution in [-0.2, 0) is 32.2 Å². The Bertz CT molecular complexity index is 1500. The summed E-state index contributed by atoms with van der Waals surface area (Å²) in [4.78, 5) is 59.9. The number of nitrogens with zero attached hydrogens (tertiary/aromatic N) is 3. The van der Waals surface area contributed by atoms with Crippen LogP contribution < -0.4 is 5.32 Å². The zero-order valence-electron chi connectivity index (χ0n) is 22.3. The first kappa shape index (κ1) is 26.3. The van der Waals surface area contributed by atoms with Crippen molar-refractivity contribution in [2.75, 3.05) is 0 Å². The van der Waals surface area contributed by atoms with E-state index in [0.29, 0.717) is 5.56 Å². The molecule has 10 heteroatoms. The summed E-state index contributed by atoms with van der Waals surface area (Å²) in [6, 6.07) is 25.1. The molecule has 4 heterocycles. The summed E-state index contributed by atoms with van der Waals surface area (Å²) in [5.41, 5.74) is 2.63. The largest absolute Gasteiger partial charge is 0.443 e. The van der Waals surface area contributed by atoms with Gasteiger partial charge in [0.05, 0.1) is 6.42 Å². The molecule has 41 heavy (non-hydrogen) atoms. The molecule has 0 unspecified atom stereocenters. The summed E-state index contributed by atoms with van der Waals surface area (Å²) in [5, 5.41) is 6.29. The van der Waals surface area contributed by atoms with E-state index in [1.54, 1.807) is 36.4 Å². The second-order valence-corrected chi connectivity index (χ2v) is 10.1. The number of β-lactam (4-membered cyclic amide) rings is 1. The maximum absolute atomic E-state index is 13.6. The number of hydrogen-bond acceptors (Lipinski definition) is 6. The van der Waals surface area contributed by atoms with Gasteiger partial charge in [0.1, 0.15) is 24.8 Å². The van der Waals surface area contributed by atoms with Crippen molar-refractivity contribution in [2.24, 2.45) is 0 Å². The van der Waals surface area contributed by atoms with Gasteiger partial charge in [-0.3, -0.25) is 19.2 Å². The Morgan fingerprint density at radius 1 is 0.878 bits per heavy atom. The van der Waals surface area contributed by atoms with Crippen LogP contribution in [0.5, 0.6) is 0 Å². The lowest BCUT2D eigenvalue weighted by Gasteiger charge is -2.50. The Labute approximate surface area is 236 Å². The van der Waals surface area contributed by atoms with Gasteiger partial charge < -0.3 is 10.1 Å². The highest BCUT2D eigenvalue weighted by Crippen LogP contribution is 2.40. The van der Waals surface area contributed by atoms with Crippen molar-refractivity contribution in [1.82, 2.24) is 20.4 Å². The van der Waals surface area contributed by atoms with Crippen molar-refractivity contribution in [2.45, 2.75) is 44.3 Å². The van der Waals surface area contributed by atoms with E-state index >= 15 is 0 Å². The second-order valence-electron chi connectivity index (χ2n) is 10.1. The molecule has 2 bridgehead atoms. The molecule has 2 fully saturated rings. The highest BCUT2D eigenvalue weighted by Gasteiger charge is 2.63. The maximum Gasteiger partial charge on any atom is 0.431 e. The number of carbonyl (C=O) groups is 4.